The van der Waals surface area contributed by atoms with E-state index in [2.05, 4.69) is 5.32 Å². The van der Waals surface area contributed by atoms with Gasteiger partial charge in [-0.2, -0.15) is 0 Å². The van der Waals surface area contributed by atoms with Crippen molar-refractivity contribution < 1.29 is 13.6 Å². The summed E-state index contributed by atoms with van der Waals surface area (Å²) in [4.78, 5) is 14.8. The zero-order chi connectivity index (χ0) is 19.7. The number of anilines is 2. The summed E-state index contributed by atoms with van der Waals surface area (Å²) in [6.07, 6.45) is 1.83. The average molecular weight is 376 g/mol. The van der Waals surface area contributed by atoms with Crippen LogP contribution in [0.25, 0.3) is 0 Å². The van der Waals surface area contributed by atoms with Crippen LogP contribution in [0.2, 0.25) is 0 Å². The molecule has 3 nitrogen and oxygen atoms in total. The van der Waals surface area contributed by atoms with Gasteiger partial charge in [0.1, 0.15) is 17.3 Å². The maximum absolute atomic E-state index is 13.4. The first kappa shape index (κ1) is 17.9. The molecule has 0 aromatic heterocycles. The van der Waals surface area contributed by atoms with Crippen molar-refractivity contribution in [1.82, 2.24) is 0 Å². The molecule has 5 heteroatoms. The predicted molar refractivity (Wildman–Crippen MR) is 106 cm³/mol. The number of carbonyl (C=O) groups is 1. The Morgan fingerprint density at radius 1 is 0.821 bits per heavy atom. The van der Waals surface area contributed by atoms with Gasteiger partial charge in [0.15, 0.2) is 0 Å². The lowest BCUT2D eigenvalue weighted by Gasteiger charge is -2.25. The molecule has 0 aliphatic carbocycles. The number of hydrogen-bond donors (Lipinski definition) is 1. The Morgan fingerprint density at radius 3 is 2.00 bits per heavy atom. The Labute approximate surface area is 161 Å². The fourth-order valence-corrected chi connectivity index (χ4v) is 3.23. The molecule has 0 spiro atoms. The summed E-state index contributed by atoms with van der Waals surface area (Å²) < 4.78 is 26.5. The molecule has 0 saturated carbocycles. The SMILES string of the molecule is Cc1ccc(C2C=C(Nc3ccc(F)cc3)C(=O)N2c2ccc(F)cc2)cc1. The second-order valence-electron chi connectivity index (χ2n) is 6.72. The molecule has 1 atom stereocenters. The second kappa shape index (κ2) is 7.27. The van der Waals surface area contributed by atoms with Crippen molar-refractivity contribution in [1.29, 1.82) is 0 Å². The van der Waals surface area contributed by atoms with Crippen LogP contribution >= 0.6 is 0 Å². The highest BCUT2D eigenvalue weighted by Gasteiger charge is 2.34. The van der Waals surface area contributed by atoms with Crippen molar-refractivity contribution in [3.05, 3.63) is 107 Å². The van der Waals surface area contributed by atoms with Crippen LogP contribution < -0.4 is 10.2 Å². The van der Waals surface area contributed by atoms with Gasteiger partial charge in [0.2, 0.25) is 0 Å². The third-order valence-electron chi connectivity index (χ3n) is 4.70. The molecule has 0 fully saturated rings. The van der Waals surface area contributed by atoms with Crippen LogP contribution in [0.1, 0.15) is 17.2 Å². The van der Waals surface area contributed by atoms with Crippen LogP contribution in [0.4, 0.5) is 20.2 Å². The van der Waals surface area contributed by atoms with Gasteiger partial charge in [-0.05, 0) is 67.1 Å². The summed E-state index contributed by atoms with van der Waals surface area (Å²) in [5.41, 5.74) is 3.67. The van der Waals surface area contributed by atoms with Gasteiger partial charge in [0.05, 0.1) is 6.04 Å². The lowest BCUT2D eigenvalue weighted by Crippen LogP contribution is -2.30. The molecule has 1 aliphatic rings. The van der Waals surface area contributed by atoms with Crippen molar-refractivity contribution >= 4 is 17.3 Å². The van der Waals surface area contributed by atoms with Gasteiger partial charge in [0, 0.05) is 11.4 Å². The molecule has 1 heterocycles. The molecule has 28 heavy (non-hydrogen) atoms. The van der Waals surface area contributed by atoms with Crippen LogP contribution in [0.15, 0.2) is 84.6 Å². The monoisotopic (exact) mass is 376 g/mol. The number of aryl methyl sites for hydroxylation is 1. The zero-order valence-electron chi connectivity index (χ0n) is 15.2. The standard InChI is InChI=1S/C23H18F2N2O/c1-15-2-4-16(5-3-15)22-14-21(26-19-10-6-17(24)7-11-19)23(28)27(22)20-12-8-18(25)9-13-20/h2-14,22,26H,1H3. The number of benzene rings is 3. The highest BCUT2D eigenvalue weighted by Crippen LogP contribution is 2.36. The van der Waals surface area contributed by atoms with Gasteiger partial charge in [-0.3, -0.25) is 9.69 Å². The third-order valence-corrected chi connectivity index (χ3v) is 4.70. The highest BCUT2D eigenvalue weighted by atomic mass is 19.1. The quantitative estimate of drug-likeness (QED) is 0.665. The van der Waals surface area contributed by atoms with Gasteiger partial charge in [-0.1, -0.05) is 29.8 Å². The Balaban J connectivity index is 1.72. The van der Waals surface area contributed by atoms with E-state index in [4.69, 9.17) is 0 Å². The maximum Gasteiger partial charge on any atom is 0.275 e. The molecule has 4 rings (SSSR count). The van der Waals surface area contributed by atoms with Crippen LogP contribution in [0.5, 0.6) is 0 Å². The number of nitrogens with one attached hydrogen (secondary N) is 1. The first-order chi connectivity index (χ1) is 13.5. The molecular formula is C23H18F2N2O. The third kappa shape index (κ3) is 3.51. The van der Waals surface area contributed by atoms with E-state index < -0.39 is 0 Å². The smallest absolute Gasteiger partial charge is 0.275 e. The van der Waals surface area contributed by atoms with Crippen LogP contribution in [-0.4, -0.2) is 5.91 Å². The fraction of sp³-hybridized carbons (Fsp3) is 0.0870. The zero-order valence-corrected chi connectivity index (χ0v) is 15.2. The van der Waals surface area contributed by atoms with Gasteiger partial charge >= 0.3 is 0 Å². The average Bonchev–Trinajstić information content (AvgIpc) is 3.01. The van der Waals surface area contributed by atoms with Crippen LogP contribution in [0.3, 0.4) is 0 Å². The summed E-state index contributed by atoms with van der Waals surface area (Å²) in [6.45, 7) is 2.00. The summed E-state index contributed by atoms with van der Waals surface area (Å²) >= 11 is 0. The van der Waals surface area contributed by atoms with E-state index in [0.717, 1.165) is 11.1 Å². The van der Waals surface area contributed by atoms with Crippen LogP contribution in [0, 0.1) is 18.6 Å². The Bertz CT molecular complexity index is 1030. The number of carbonyl (C=O) groups excluding carboxylic acids is 1. The minimum Gasteiger partial charge on any atom is -0.351 e. The van der Waals surface area contributed by atoms with E-state index in [1.165, 1.54) is 24.3 Å². The van der Waals surface area contributed by atoms with Crippen LogP contribution in [-0.2, 0) is 4.79 Å². The Morgan fingerprint density at radius 2 is 1.39 bits per heavy atom. The molecule has 1 aliphatic heterocycles. The number of nitrogens with zero attached hydrogens (tertiary/aromatic N) is 1. The molecule has 0 radical (unpaired) electrons. The second-order valence-corrected chi connectivity index (χ2v) is 6.72. The predicted octanol–water partition coefficient (Wildman–Crippen LogP) is 5.36. The molecule has 1 unspecified atom stereocenters. The summed E-state index contributed by atoms with van der Waals surface area (Å²) in [5.74, 6) is -0.941. The van der Waals surface area contributed by atoms with Gasteiger partial charge in [0.25, 0.3) is 5.91 Å². The molecule has 0 bridgehead atoms. The van der Waals surface area contributed by atoms with E-state index >= 15 is 0 Å². The van der Waals surface area contributed by atoms with E-state index in [0.29, 0.717) is 17.1 Å². The van der Waals surface area contributed by atoms with Gasteiger partial charge in [-0.15, -0.1) is 0 Å². The molecule has 3 aromatic carbocycles. The lowest BCUT2D eigenvalue weighted by atomic mass is 10.0. The first-order valence-corrected chi connectivity index (χ1v) is 8.91. The topological polar surface area (TPSA) is 32.3 Å². The van der Waals surface area contributed by atoms with Gasteiger partial charge < -0.3 is 5.32 Å². The number of halogens is 2. The molecule has 0 saturated heterocycles. The number of amides is 1. The molecule has 3 aromatic rings. The minimum atomic E-state index is -0.361. The van der Waals surface area contributed by atoms with E-state index in [-0.39, 0.29) is 23.6 Å². The molecule has 1 N–H and O–H groups in total. The largest absolute Gasteiger partial charge is 0.351 e. The van der Waals surface area contributed by atoms with Crippen molar-refractivity contribution in [3.63, 3.8) is 0 Å². The fourth-order valence-electron chi connectivity index (χ4n) is 3.23. The minimum absolute atomic E-state index is 0.235. The van der Waals surface area contributed by atoms with Crippen molar-refractivity contribution in [2.75, 3.05) is 10.2 Å². The van der Waals surface area contributed by atoms with Crippen molar-refractivity contribution in [2.45, 2.75) is 13.0 Å². The Hall–Kier alpha value is -3.47. The number of hydrogen-bond acceptors (Lipinski definition) is 2. The number of rotatable bonds is 4. The lowest BCUT2D eigenvalue weighted by molar-refractivity contribution is -0.114. The Kier molecular flexibility index (Phi) is 4.65. The molecule has 140 valence electrons. The summed E-state index contributed by atoms with van der Waals surface area (Å²) in [5, 5.41) is 3.07. The first-order valence-electron chi connectivity index (χ1n) is 8.91. The summed E-state index contributed by atoms with van der Waals surface area (Å²) in [6, 6.07) is 19.2. The molecule has 1 amide bonds. The van der Waals surface area contributed by atoms with Gasteiger partial charge in [-0.25, -0.2) is 8.78 Å². The highest BCUT2D eigenvalue weighted by molar-refractivity contribution is 6.11. The summed E-state index contributed by atoms with van der Waals surface area (Å²) in [7, 11) is 0. The van der Waals surface area contributed by atoms with E-state index in [1.807, 2.05) is 37.3 Å². The molecular weight excluding hydrogens is 358 g/mol. The maximum atomic E-state index is 13.4. The van der Waals surface area contributed by atoms with E-state index in [1.54, 1.807) is 29.2 Å². The van der Waals surface area contributed by atoms with Crippen molar-refractivity contribution in [3.8, 4) is 0 Å². The normalized spacial score (nSPS) is 16.2. The van der Waals surface area contributed by atoms with E-state index in [9.17, 15) is 13.6 Å². The van der Waals surface area contributed by atoms with Crippen molar-refractivity contribution in [2.24, 2.45) is 0 Å².